The monoisotopic (exact) mass is 706 g/mol. The third-order valence-electron chi connectivity index (χ3n) is 6.27. The van der Waals surface area contributed by atoms with Crippen LogP contribution in [0, 0.1) is 23.4 Å². The number of hydrogen-bond donors (Lipinski definition) is 2. The van der Waals surface area contributed by atoms with Crippen LogP contribution in [0.15, 0.2) is 36.4 Å². The molecule has 0 spiro atoms. The minimum atomic E-state index is -3.47. The fourth-order valence-corrected chi connectivity index (χ4v) is 5.80. The zero-order valence-electron chi connectivity index (χ0n) is 20.3. The molecule has 0 saturated heterocycles. The van der Waals surface area contributed by atoms with Crippen LogP contribution >= 0.6 is 69.6 Å². The number of nitrogens with one attached hydrogen (secondary N) is 2. The highest BCUT2D eigenvalue weighted by Crippen LogP contribution is 2.65. The van der Waals surface area contributed by atoms with Gasteiger partial charge in [0.25, 0.3) is 12.3 Å². The Morgan fingerprint density at radius 1 is 0.857 bits per heavy atom. The number of benzene rings is 3. The Morgan fingerprint density at radius 3 is 2.07 bits per heavy atom. The maximum Gasteiger partial charge on any atom is 0.296 e. The van der Waals surface area contributed by atoms with Crippen LogP contribution in [0.4, 0.5) is 33.3 Å². The first kappa shape index (κ1) is 32.6. The maximum absolute atomic E-state index is 14.8. The number of rotatable bonds is 8. The third kappa shape index (κ3) is 6.44. The third-order valence-corrected chi connectivity index (χ3v) is 8.79. The number of carbonyl (C=O) groups excluding carboxylic acids is 3. The quantitative estimate of drug-likeness (QED) is 0.140. The second kappa shape index (κ2) is 12.3. The lowest BCUT2D eigenvalue weighted by molar-refractivity contribution is -0.128. The van der Waals surface area contributed by atoms with E-state index < -0.39 is 85.9 Å². The molecule has 0 bridgehead atoms. The van der Waals surface area contributed by atoms with E-state index >= 15 is 0 Å². The lowest BCUT2D eigenvalue weighted by Gasteiger charge is -2.13. The average molecular weight is 709 g/mol. The van der Waals surface area contributed by atoms with Crippen LogP contribution in [-0.4, -0.2) is 28.4 Å². The second-order valence-corrected chi connectivity index (χ2v) is 12.0. The zero-order chi connectivity index (χ0) is 31.3. The van der Waals surface area contributed by atoms with Crippen molar-refractivity contribution in [1.82, 2.24) is 0 Å². The molecule has 2 N–H and O–H groups in total. The minimum absolute atomic E-state index is 0.0827. The number of ketones is 1. The van der Waals surface area contributed by atoms with Crippen LogP contribution in [0.25, 0.3) is 0 Å². The zero-order valence-corrected chi connectivity index (χ0v) is 24.8. The Balaban J connectivity index is 1.56. The van der Waals surface area contributed by atoms with Crippen molar-refractivity contribution in [2.24, 2.45) is 5.92 Å². The Hall–Kier alpha value is -2.34. The van der Waals surface area contributed by atoms with Gasteiger partial charge in [-0.15, -0.1) is 23.2 Å². The first-order chi connectivity index (χ1) is 19.5. The van der Waals surface area contributed by atoms with Gasteiger partial charge in [-0.2, -0.15) is 0 Å². The summed E-state index contributed by atoms with van der Waals surface area (Å²) in [6.07, 6.45) is -4.76. The molecule has 1 saturated carbocycles. The van der Waals surface area contributed by atoms with Crippen molar-refractivity contribution in [2.45, 2.75) is 23.1 Å². The lowest BCUT2D eigenvalue weighted by atomic mass is 10.1. The van der Waals surface area contributed by atoms with E-state index in [1.165, 1.54) is 12.1 Å². The number of amides is 2. The predicted molar refractivity (Wildman–Crippen MR) is 151 cm³/mol. The van der Waals surface area contributed by atoms with Crippen LogP contribution in [-0.2, 0) is 16.0 Å². The molecule has 1 aliphatic carbocycles. The Bertz CT molecular complexity index is 1620. The summed E-state index contributed by atoms with van der Waals surface area (Å²) in [6.45, 7) is 0. The van der Waals surface area contributed by atoms with Gasteiger partial charge in [0.15, 0.2) is 5.82 Å². The van der Waals surface area contributed by atoms with E-state index in [0.717, 1.165) is 18.2 Å². The summed E-state index contributed by atoms with van der Waals surface area (Å²) in [5.74, 6) is -9.57. The number of carbonyl (C=O) groups is 3. The first-order valence-electron chi connectivity index (χ1n) is 11.5. The molecule has 1 aliphatic rings. The summed E-state index contributed by atoms with van der Waals surface area (Å²) >= 11 is 36.7. The van der Waals surface area contributed by atoms with E-state index in [9.17, 15) is 36.3 Å². The smallest absolute Gasteiger partial charge is 0.296 e. The van der Waals surface area contributed by atoms with E-state index in [2.05, 4.69) is 5.32 Å². The number of halogens is 11. The molecule has 0 aliphatic heterocycles. The first-order valence-corrected chi connectivity index (χ1v) is 13.7. The van der Waals surface area contributed by atoms with Gasteiger partial charge in [-0.1, -0.05) is 46.4 Å². The predicted octanol–water partition coefficient (Wildman–Crippen LogP) is 8.87. The molecule has 0 heterocycles. The maximum atomic E-state index is 14.8. The molecule has 3 aromatic carbocycles. The van der Waals surface area contributed by atoms with Crippen LogP contribution < -0.4 is 10.6 Å². The fourth-order valence-electron chi connectivity index (χ4n) is 4.17. The molecule has 0 radical (unpaired) electrons. The normalized spacial score (nSPS) is 17.2. The van der Waals surface area contributed by atoms with Crippen molar-refractivity contribution < 1.29 is 36.3 Å². The van der Waals surface area contributed by atoms with E-state index in [4.69, 9.17) is 69.6 Å². The Kier molecular flexibility index (Phi) is 9.57. The van der Waals surface area contributed by atoms with Gasteiger partial charge in [0.05, 0.1) is 37.3 Å². The molecule has 222 valence electrons. The van der Waals surface area contributed by atoms with Crippen molar-refractivity contribution in [1.29, 1.82) is 0 Å². The van der Waals surface area contributed by atoms with Crippen LogP contribution in [0.2, 0.25) is 20.1 Å². The molecule has 1 fully saturated rings. The van der Waals surface area contributed by atoms with E-state index in [0.29, 0.717) is 11.6 Å². The summed E-state index contributed by atoms with van der Waals surface area (Å²) in [4.78, 5) is 37.2. The molecule has 42 heavy (non-hydrogen) atoms. The van der Waals surface area contributed by atoms with Crippen molar-refractivity contribution in [3.8, 4) is 0 Å². The standard InChI is InChI=1S/C26H13Cl6F5N2O3/c27-12-3-8(4-13(28)21(12)30)18-19(26(18,31)32)25(42)38-9-5-11(20(29)15(34)6-9)24(41)39-16-2-1-14(33)10(22(16)35)7-17(40)23(36)37/h1-6,18-19,23H,7H2,(H,38,42)(H,39,41)/t18-,19+/m0/s1. The highest BCUT2D eigenvalue weighted by atomic mass is 35.5. The van der Waals surface area contributed by atoms with Crippen LogP contribution in [0.5, 0.6) is 0 Å². The second-order valence-electron chi connectivity index (χ2n) is 9.02. The molecular weight excluding hydrogens is 696 g/mol. The van der Waals surface area contributed by atoms with Gasteiger partial charge in [-0.25, -0.2) is 22.0 Å². The van der Waals surface area contributed by atoms with E-state index in [1.807, 2.05) is 5.32 Å². The van der Waals surface area contributed by atoms with Gasteiger partial charge in [0.1, 0.15) is 16.0 Å². The Labute approximate surface area is 264 Å². The molecule has 0 aromatic heterocycles. The highest BCUT2D eigenvalue weighted by molar-refractivity contribution is 6.54. The molecule has 0 unspecified atom stereocenters. The van der Waals surface area contributed by atoms with E-state index in [1.54, 1.807) is 0 Å². The van der Waals surface area contributed by atoms with Crippen molar-refractivity contribution >= 4 is 98.6 Å². The van der Waals surface area contributed by atoms with Gasteiger partial charge in [-0.05, 0) is 42.0 Å². The van der Waals surface area contributed by atoms with Crippen molar-refractivity contribution in [3.63, 3.8) is 0 Å². The highest BCUT2D eigenvalue weighted by Gasteiger charge is 2.67. The molecular formula is C26H13Cl6F5N2O3. The van der Waals surface area contributed by atoms with Gasteiger partial charge < -0.3 is 10.6 Å². The lowest BCUT2D eigenvalue weighted by Crippen LogP contribution is -2.20. The summed E-state index contributed by atoms with van der Waals surface area (Å²) in [6, 6.07) is 6.02. The summed E-state index contributed by atoms with van der Waals surface area (Å²) in [5.41, 5.74) is -2.18. The average Bonchev–Trinajstić information content (AvgIpc) is 3.49. The molecule has 16 heteroatoms. The fraction of sp³-hybridized carbons (Fsp3) is 0.192. The Morgan fingerprint density at radius 2 is 1.48 bits per heavy atom. The molecule has 5 nitrogen and oxygen atoms in total. The van der Waals surface area contributed by atoms with Crippen LogP contribution in [0.3, 0.4) is 0 Å². The molecule has 4 rings (SSSR count). The number of Topliss-reactive ketones (excluding diaryl/α,β-unsaturated/α-hetero) is 1. The van der Waals surface area contributed by atoms with E-state index in [-0.39, 0.29) is 20.8 Å². The number of hydrogen-bond acceptors (Lipinski definition) is 3. The van der Waals surface area contributed by atoms with Crippen LogP contribution in [0.1, 0.15) is 27.4 Å². The van der Waals surface area contributed by atoms with Gasteiger partial charge in [0, 0.05) is 23.6 Å². The van der Waals surface area contributed by atoms with Gasteiger partial charge in [-0.3, -0.25) is 14.4 Å². The van der Waals surface area contributed by atoms with Crippen molar-refractivity contribution in [2.75, 3.05) is 10.6 Å². The number of alkyl halides is 4. The summed E-state index contributed by atoms with van der Waals surface area (Å²) < 4.78 is 67.1. The summed E-state index contributed by atoms with van der Waals surface area (Å²) in [5, 5.41) is 3.94. The molecule has 2 atom stereocenters. The molecule has 2 amide bonds. The minimum Gasteiger partial charge on any atom is -0.326 e. The summed E-state index contributed by atoms with van der Waals surface area (Å²) in [7, 11) is 0. The number of anilines is 2. The van der Waals surface area contributed by atoms with Gasteiger partial charge in [0.2, 0.25) is 11.7 Å². The van der Waals surface area contributed by atoms with Gasteiger partial charge >= 0.3 is 0 Å². The topological polar surface area (TPSA) is 75.3 Å². The SMILES string of the molecule is O=C(Nc1ccc(F)c(CC(=O)C(F)F)c1F)c1cc(NC(=O)[C@H]2[C@H](c3cc(Cl)c(Cl)c(Cl)c3)C2(Cl)Cl)cc(F)c1Cl. The molecule has 3 aromatic rings. The largest absolute Gasteiger partial charge is 0.326 e. The van der Waals surface area contributed by atoms with Crippen molar-refractivity contribution in [3.05, 3.63) is 90.6 Å².